The molecule has 1 saturated carbocycles. The quantitative estimate of drug-likeness (QED) is 0.924. The first-order valence-electron chi connectivity index (χ1n) is 7.34. The molecule has 1 heterocycles. The number of hydrogen-bond donors (Lipinski definition) is 1. The molecule has 0 amide bonds. The standard InChI is InChI=1S/C17H23N3/c1-17(2)15(13-7-5-4-6-8-13)11-16(17)18-12-14-9-10-19-20(14)3/h4-10,15-16,18H,11-12H2,1-3H3/t15-,16-/m0/s1. The minimum atomic E-state index is 0.306. The highest BCUT2D eigenvalue weighted by Gasteiger charge is 2.48. The van der Waals surface area contributed by atoms with Gasteiger partial charge in [0.2, 0.25) is 0 Å². The third-order valence-corrected chi connectivity index (χ3v) is 4.92. The predicted molar refractivity (Wildman–Crippen MR) is 81.4 cm³/mol. The van der Waals surface area contributed by atoms with Crippen LogP contribution < -0.4 is 5.32 Å². The number of nitrogens with one attached hydrogen (secondary N) is 1. The lowest BCUT2D eigenvalue weighted by molar-refractivity contribution is 0.0674. The van der Waals surface area contributed by atoms with Crippen LogP contribution in [0.15, 0.2) is 42.6 Å². The van der Waals surface area contributed by atoms with Crippen LogP contribution in [0.5, 0.6) is 0 Å². The summed E-state index contributed by atoms with van der Waals surface area (Å²) in [5.41, 5.74) is 3.01. The molecule has 1 fully saturated rings. The molecular formula is C17H23N3. The first-order valence-corrected chi connectivity index (χ1v) is 7.34. The minimum absolute atomic E-state index is 0.306. The maximum Gasteiger partial charge on any atom is 0.0518 e. The Labute approximate surface area is 121 Å². The van der Waals surface area contributed by atoms with Gasteiger partial charge in [0.25, 0.3) is 0 Å². The summed E-state index contributed by atoms with van der Waals surface area (Å²) in [5.74, 6) is 0.660. The second kappa shape index (κ2) is 5.06. The van der Waals surface area contributed by atoms with E-state index < -0.39 is 0 Å². The second-order valence-electron chi connectivity index (χ2n) is 6.40. The summed E-state index contributed by atoms with van der Waals surface area (Å²) >= 11 is 0. The molecule has 0 saturated heterocycles. The molecule has 20 heavy (non-hydrogen) atoms. The highest BCUT2D eigenvalue weighted by molar-refractivity contribution is 5.27. The smallest absolute Gasteiger partial charge is 0.0518 e. The molecule has 1 N–H and O–H groups in total. The highest BCUT2D eigenvalue weighted by Crippen LogP contribution is 2.52. The molecule has 1 aromatic heterocycles. The van der Waals surface area contributed by atoms with Crippen LogP contribution in [0.25, 0.3) is 0 Å². The van der Waals surface area contributed by atoms with Crippen LogP contribution in [0.2, 0.25) is 0 Å². The monoisotopic (exact) mass is 269 g/mol. The van der Waals surface area contributed by atoms with Gasteiger partial charge in [0.15, 0.2) is 0 Å². The summed E-state index contributed by atoms with van der Waals surface area (Å²) in [6, 6.07) is 13.5. The fourth-order valence-electron chi connectivity index (χ4n) is 3.33. The van der Waals surface area contributed by atoms with Crippen LogP contribution in [0.3, 0.4) is 0 Å². The molecular weight excluding hydrogens is 246 g/mol. The van der Waals surface area contributed by atoms with Crippen molar-refractivity contribution in [3.8, 4) is 0 Å². The molecule has 0 unspecified atom stereocenters. The zero-order valence-corrected chi connectivity index (χ0v) is 12.5. The Kier molecular flexibility index (Phi) is 3.38. The van der Waals surface area contributed by atoms with Gasteiger partial charge in [0.05, 0.1) is 5.69 Å². The van der Waals surface area contributed by atoms with Crippen molar-refractivity contribution in [1.29, 1.82) is 0 Å². The molecule has 3 heteroatoms. The van der Waals surface area contributed by atoms with Crippen molar-refractivity contribution in [3.63, 3.8) is 0 Å². The molecule has 1 aliphatic rings. The SMILES string of the molecule is Cn1nccc1CN[C@H]1C[C@@H](c2ccccc2)C1(C)C. The summed E-state index contributed by atoms with van der Waals surface area (Å²) in [6.45, 7) is 5.64. The van der Waals surface area contributed by atoms with Gasteiger partial charge in [-0.05, 0) is 29.4 Å². The number of aryl methyl sites for hydroxylation is 1. The third-order valence-electron chi connectivity index (χ3n) is 4.92. The highest BCUT2D eigenvalue weighted by atomic mass is 15.3. The number of rotatable bonds is 4. The Hall–Kier alpha value is -1.61. The van der Waals surface area contributed by atoms with Gasteiger partial charge in [-0.15, -0.1) is 0 Å². The zero-order chi connectivity index (χ0) is 14.2. The molecule has 1 aliphatic carbocycles. The number of benzene rings is 1. The zero-order valence-electron chi connectivity index (χ0n) is 12.5. The number of aromatic nitrogens is 2. The number of hydrogen-bond acceptors (Lipinski definition) is 2. The Morgan fingerprint density at radius 3 is 2.60 bits per heavy atom. The molecule has 0 radical (unpaired) electrons. The molecule has 0 aliphatic heterocycles. The fourth-order valence-corrected chi connectivity index (χ4v) is 3.33. The van der Waals surface area contributed by atoms with Crippen LogP contribution in [0.4, 0.5) is 0 Å². The van der Waals surface area contributed by atoms with Crippen molar-refractivity contribution in [2.45, 2.75) is 38.8 Å². The van der Waals surface area contributed by atoms with E-state index in [1.807, 2.05) is 17.9 Å². The van der Waals surface area contributed by atoms with E-state index in [1.54, 1.807) is 0 Å². The first kappa shape index (κ1) is 13.4. The largest absolute Gasteiger partial charge is 0.308 e. The van der Waals surface area contributed by atoms with Crippen LogP contribution in [0.1, 0.15) is 37.4 Å². The summed E-state index contributed by atoms with van der Waals surface area (Å²) in [5, 5.41) is 7.91. The van der Waals surface area contributed by atoms with Gasteiger partial charge in [-0.1, -0.05) is 44.2 Å². The average Bonchev–Trinajstić information content (AvgIpc) is 2.84. The van der Waals surface area contributed by atoms with E-state index in [1.165, 1.54) is 17.7 Å². The van der Waals surface area contributed by atoms with Crippen molar-refractivity contribution in [2.75, 3.05) is 0 Å². The van der Waals surface area contributed by atoms with Gasteiger partial charge >= 0.3 is 0 Å². The molecule has 1 aromatic carbocycles. The summed E-state index contributed by atoms with van der Waals surface area (Å²) in [4.78, 5) is 0. The molecule has 3 rings (SSSR count). The molecule has 0 spiro atoms. The number of nitrogens with zero attached hydrogens (tertiary/aromatic N) is 2. The predicted octanol–water partition coefficient (Wildman–Crippen LogP) is 3.09. The molecule has 3 nitrogen and oxygen atoms in total. The Morgan fingerprint density at radius 2 is 2.00 bits per heavy atom. The Bertz CT molecular complexity index is 571. The van der Waals surface area contributed by atoms with E-state index in [4.69, 9.17) is 0 Å². The van der Waals surface area contributed by atoms with Crippen LogP contribution in [-0.4, -0.2) is 15.8 Å². The van der Waals surface area contributed by atoms with E-state index in [-0.39, 0.29) is 0 Å². The lowest BCUT2D eigenvalue weighted by Gasteiger charge is -2.53. The van der Waals surface area contributed by atoms with Crippen molar-refractivity contribution < 1.29 is 0 Å². The second-order valence-corrected chi connectivity index (χ2v) is 6.40. The van der Waals surface area contributed by atoms with Gasteiger partial charge < -0.3 is 5.32 Å². The topological polar surface area (TPSA) is 29.9 Å². The van der Waals surface area contributed by atoms with E-state index in [2.05, 4.69) is 60.7 Å². The van der Waals surface area contributed by atoms with Gasteiger partial charge in [0, 0.05) is 25.8 Å². The molecule has 2 atom stereocenters. The lowest BCUT2D eigenvalue weighted by atomic mass is 9.56. The third kappa shape index (κ3) is 2.27. The lowest BCUT2D eigenvalue weighted by Crippen LogP contribution is -2.55. The van der Waals surface area contributed by atoms with Crippen LogP contribution >= 0.6 is 0 Å². The van der Waals surface area contributed by atoms with Gasteiger partial charge in [0.1, 0.15) is 0 Å². The van der Waals surface area contributed by atoms with Gasteiger partial charge in [-0.3, -0.25) is 4.68 Å². The van der Waals surface area contributed by atoms with E-state index >= 15 is 0 Å². The summed E-state index contributed by atoms with van der Waals surface area (Å²) < 4.78 is 1.94. The van der Waals surface area contributed by atoms with Crippen molar-refractivity contribution in [3.05, 3.63) is 53.9 Å². The van der Waals surface area contributed by atoms with Crippen molar-refractivity contribution in [1.82, 2.24) is 15.1 Å². The minimum Gasteiger partial charge on any atom is -0.308 e. The van der Waals surface area contributed by atoms with Crippen LogP contribution in [-0.2, 0) is 13.6 Å². The van der Waals surface area contributed by atoms with E-state index in [0.717, 1.165) is 6.54 Å². The van der Waals surface area contributed by atoms with Crippen LogP contribution in [0, 0.1) is 5.41 Å². The van der Waals surface area contributed by atoms with Crippen molar-refractivity contribution >= 4 is 0 Å². The fraction of sp³-hybridized carbons (Fsp3) is 0.471. The summed E-state index contributed by atoms with van der Waals surface area (Å²) in [6.07, 6.45) is 3.07. The molecule has 2 aromatic rings. The maximum absolute atomic E-state index is 4.21. The van der Waals surface area contributed by atoms with Gasteiger partial charge in [-0.2, -0.15) is 5.10 Å². The Balaban J connectivity index is 1.63. The summed E-state index contributed by atoms with van der Waals surface area (Å²) in [7, 11) is 2.00. The molecule has 106 valence electrons. The van der Waals surface area contributed by atoms with E-state index in [0.29, 0.717) is 17.4 Å². The Morgan fingerprint density at radius 1 is 1.25 bits per heavy atom. The molecule has 0 bridgehead atoms. The van der Waals surface area contributed by atoms with Gasteiger partial charge in [-0.25, -0.2) is 0 Å². The average molecular weight is 269 g/mol. The normalized spacial score (nSPS) is 24.4. The first-order chi connectivity index (χ1) is 9.59. The van der Waals surface area contributed by atoms with E-state index in [9.17, 15) is 0 Å². The van der Waals surface area contributed by atoms with Crippen molar-refractivity contribution in [2.24, 2.45) is 12.5 Å². The maximum atomic E-state index is 4.21.